The van der Waals surface area contributed by atoms with Gasteiger partial charge in [0.05, 0.1) is 6.54 Å². The van der Waals surface area contributed by atoms with E-state index in [2.05, 4.69) is 0 Å². The molecule has 0 unspecified atom stereocenters. The fourth-order valence-electron chi connectivity index (χ4n) is 3.74. The van der Waals surface area contributed by atoms with Crippen molar-refractivity contribution in [3.8, 4) is 5.75 Å². The number of hydrogen-bond acceptors (Lipinski definition) is 3. The Morgan fingerprint density at radius 3 is 2.54 bits per heavy atom. The molecule has 2 fully saturated rings. The van der Waals surface area contributed by atoms with Gasteiger partial charge in [-0.15, -0.1) is 0 Å². The van der Waals surface area contributed by atoms with E-state index in [0.29, 0.717) is 45.0 Å². The first-order valence-corrected chi connectivity index (χ1v) is 9.58. The van der Waals surface area contributed by atoms with Crippen molar-refractivity contribution in [2.24, 2.45) is 5.92 Å². The zero-order valence-corrected chi connectivity index (χ0v) is 15.2. The minimum atomic E-state index is -0.303. The van der Waals surface area contributed by atoms with Crippen LogP contribution in [0.4, 0.5) is 4.39 Å². The van der Waals surface area contributed by atoms with E-state index < -0.39 is 0 Å². The van der Waals surface area contributed by atoms with Crippen LogP contribution in [0.15, 0.2) is 24.3 Å². The summed E-state index contributed by atoms with van der Waals surface area (Å²) in [5.74, 6) is 0.714. The van der Waals surface area contributed by atoms with Gasteiger partial charge in [0.2, 0.25) is 11.8 Å². The lowest BCUT2D eigenvalue weighted by atomic mass is 9.88. The number of rotatable bonds is 5. The van der Waals surface area contributed by atoms with Crippen LogP contribution in [0, 0.1) is 11.7 Å². The molecule has 1 aliphatic heterocycles. The Kier molecular flexibility index (Phi) is 6.47. The highest BCUT2D eigenvalue weighted by Crippen LogP contribution is 2.26. The van der Waals surface area contributed by atoms with Gasteiger partial charge in [-0.05, 0) is 37.1 Å². The third-order valence-corrected chi connectivity index (χ3v) is 5.30. The second kappa shape index (κ2) is 9.01. The van der Waals surface area contributed by atoms with Gasteiger partial charge in [0.25, 0.3) is 0 Å². The summed E-state index contributed by atoms with van der Waals surface area (Å²) in [6.07, 6.45) is 5.84. The van der Waals surface area contributed by atoms with E-state index in [0.717, 1.165) is 25.7 Å². The molecule has 1 saturated carbocycles. The third kappa shape index (κ3) is 4.96. The molecule has 1 aliphatic carbocycles. The molecule has 5 nitrogen and oxygen atoms in total. The quantitative estimate of drug-likeness (QED) is 0.809. The second-order valence-electron chi connectivity index (χ2n) is 7.09. The van der Waals surface area contributed by atoms with Crippen molar-refractivity contribution in [2.45, 2.75) is 38.5 Å². The average Bonchev–Trinajstić information content (AvgIpc) is 2.85. The van der Waals surface area contributed by atoms with Gasteiger partial charge < -0.3 is 14.5 Å². The van der Waals surface area contributed by atoms with Crippen LogP contribution in [0.25, 0.3) is 0 Å². The Bertz CT molecular complexity index is 614. The molecule has 0 spiro atoms. The van der Waals surface area contributed by atoms with E-state index in [4.69, 9.17) is 4.74 Å². The summed E-state index contributed by atoms with van der Waals surface area (Å²) in [5.41, 5.74) is 0. The van der Waals surface area contributed by atoms with Gasteiger partial charge in [0, 0.05) is 32.0 Å². The Hall–Kier alpha value is -2.11. The molecule has 142 valence electrons. The largest absolute Gasteiger partial charge is 0.492 e. The zero-order valence-electron chi connectivity index (χ0n) is 15.2. The fourth-order valence-corrected chi connectivity index (χ4v) is 3.74. The molecule has 1 heterocycles. The Balaban J connectivity index is 1.46. The normalized spacial score (nSPS) is 19.3. The summed E-state index contributed by atoms with van der Waals surface area (Å²) in [5, 5.41) is 0. The number of nitrogens with zero attached hydrogens (tertiary/aromatic N) is 2. The van der Waals surface area contributed by atoms with Crippen LogP contribution in [0.3, 0.4) is 0 Å². The van der Waals surface area contributed by atoms with E-state index in [1.807, 2.05) is 4.90 Å². The number of halogens is 1. The lowest BCUT2D eigenvalue weighted by Gasteiger charge is -2.28. The summed E-state index contributed by atoms with van der Waals surface area (Å²) < 4.78 is 18.5. The van der Waals surface area contributed by atoms with Gasteiger partial charge in [-0.25, -0.2) is 4.39 Å². The molecule has 2 aliphatic rings. The van der Waals surface area contributed by atoms with Crippen molar-refractivity contribution in [3.63, 3.8) is 0 Å². The SMILES string of the molecule is O=C1CCN(C(=O)C2CCCCC2)CCN1CCOc1ccc(F)cc1. The second-order valence-corrected chi connectivity index (χ2v) is 7.09. The number of carbonyl (C=O) groups excluding carboxylic acids is 2. The Morgan fingerprint density at radius 2 is 1.81 bits per heavy atom. The number of ether oxygens (including phenoxy) is 1. The molecule has 0 atom stereocenters. The van der Waals surface area contributed by atoms with Crippen molar-refractivity contribution in [1.29, 1.82) is 0 Å². The maximum atomic E-state index is 12.9. The minimum Gasteiger partial charge on any atom is -0.492 e. The van der Waals surface area contributed by atoms with Crippen LogP contribution in [0.5, 0.6) is 5.75 Å². The van der Waals surface area contributed by atoms with E-state index in [1.165, 1.54) is 18.6 Å². The first-order chi connectivity index (χ1) is 12.6. The van der Waals surface area contributed by atoms with Gasteiger partial charge in [-0.1, -0.05) is 19.3 Å². The van der Waals surface area contributed by atoms with Gasteiger partial charge in [0.1, 0.15) is 18.2 Å². The van der Waals surface area contributed by atoms with E-state index >= 15 is 0 Å². The molecular formula is C20H27FN2O3. The molecule has 0 N–H and O–H groups in total. The number of carbonyl (C=O) groups is 2. The molecule has 0 aromatic heterocycles. The average molecular weight is 362 g/mol. The lowest BCUT2D eigenvalue weighted by Crippen LogP contribution is -2.40. The van der Waals surface area contributed by atoms with Crippen LogP contribution in [-0.2, 0) is 9.59 Å². The highest BCUT2D eigenvalue weighted by molar-refractivity contribution is 5.81. The molecular weight excluding hydrogens is 335 g/mol. The molecule has 6 heteroatoms. The lowest BCUT2D eigenvalue weighted by molar-refractivity contribution is -0.136. The Labute approximate surface area is 154 Å². The predicted molar refractivity (Wildman–Crippen MR) is 96.2 cm³/mol. The maximum Gasteiger partial charge on any atom is 0.225 e. The van der Waals surface area contributed by atoms with Crippen molar-refractivity contribution in [1.82, 2.24) is 9.80 Å². The summed E-state index contributed by atoms with van der Waals surface area (Å²) >= 11 is 0. The summed E-state index contributed by atoms with van der Waals surface area (Å²) in [6.45, 7) is 2.49. The van der Waals surface area contributed by atoms with Gasteiger partial charge in [0.15, 0.2) is 0 Å². The highest BCUT2D eigenvalue weighted by Gasteiger charge is 2.29. The molecule has 0 bridgehead atoms. The molecule has 2 amide bonds. The van der Waals surface area contributed by atoms with E-state index in [-0.39, 0.29) is 23.5 Å². The topological polar surface area (TPSA) is 49.9 Å². The smallest absolute Gasteiger partial charge is 0.225 e. The van der Waals surface area contributed by atoms with Crippen LogP contribution in [-0.4, -0.2) is 54.4 Å². The van der Waals surface area contributed by atoms with Crippen LogP contribution in [0.2, 0.25) is 0 Å². The standard InChI is InChI=1S/C20H27FN2O3/c21-17-6-8-18(9-7-17)26-15-14-22-12-13-23(11-10-19(22)24)20(25)16-4-2-1-3-5-16/h6-9,16H,1-5,10-15H2. The minimum absolute atomic E-state index is 0.0617. The maximum absolute atomic E-state index is 12.9. The van der Waals surface area contributed by atoms with E-state index in [1.54, 1.807) is 17.0 Å². The molecule has 3 rings (SSSR count). The van der Waals surface area contributed by atoms with E-state index in [9.17, 15) is 14.0 Å². The van der Waals surface area contributed by atoms with Crippen LogP contribution >= 0.6 is 0 Å². The van der Waals surface area contributed by atoms with Gasteiger partial charge in [-0.3, -0.25) is 9.59 Å². The zero-order chi connectivity index (χ0) is 18.4. The summed E-state index contributed by atoms with van der Waals surface area (Å²) in [4.78, 5) is 28.6. The monoisotopic (exact) mass is 362 g/mol. The van der Waals surface area contributed by atoms with Crippen molar-refractivity contribution in [2.75, 3.05) is 32.8 Å². The third-order valence-electron chi connectivity index (χ3n) is 5.30. The molecule has 0 radical (unpaired) electrons. The first kappa shape index (κ1) is 18.7. The van der Waals surface area contributed by atoms with Crippen molar-refractivity contribution < 1.29 is 18.7 Å². The van der Waals surface area contributed by atoms with Crippen LogP contribution < -0.4 is 4.74 Å². The molecule has 1 aromatic carbocycles. The summed E-state index contributed by atoms with van der Waals surface area (Å²) in [7, 11) is 0. The van der Waals surface area contributed by atoms with Crippen LogP contribution in [0.1, 0.15) is 38.5 Å². The number of hydrogen-bond donors (Lipinski definition) is 0. The Morgan fingerprint density at radius 1 is 1.08 bits per heavy atom. The van der Waals surface area contributed by atoms with Gasteiger partial charge in [-0.2, -0.15) is 0 Å². The molecule has 1 saturated heterocycles. The number of benzene rings is 1. The van der Waals surface area contributed by atoms with Crippen molar-refractivity contribution >= 4 is 11.8 Å². The van der Waals surface area contributed by atoms with Gasteiger partial charge >= 0.3 is 0 Å². The highest BCUT2D eigenvalue weighted by atomic mass is 19.1. The number of amides is 2. The predicted octanol–water partition coefficient (Wildman–Crippen LogP) is 2.85. The summed E-state index contributed by atoms with van der Waals surface area (Å²) in [6, 6.07) is 5.84. The molecule has 1 aromatic rings. The molecule has 26 heavy (non-hydrogen) atoms. The first-order valence-electron chi connectivity index (χ1n) is 9.58. The fraction of sp³-hybridized carbons (Fsp3) is 0.600. The van der Waals surface area contributed by atoms with Crippen molar-refractivity contribution in [3.05, 3.63) is 30.1 Å².